The third-order valence-electron chi connectivity index (χ3n) is 3.30. The average molecular weight is 182 g/mol. The van der Waals surface area contributed by atoms with Gasteiger partial charge in [0.15, 0.2) is 0 Å². The number of carbonyl (C=O) groups is 2. The molecule has 1 saturated heterocycles. The molecule has 1 unspecified atom stereocenters. The molecule has 2 fully saturated rings. The molecule has 1 atom stereocenters. The number of likely N-dealkylation sites (N-methyl/N-ethyl adjacent to an activating group) is 1. The van der Waals surface area contributed by atoms with Crippen LogP contribution in [0.4, 0.5) is 0 Å². The maximum Gasteiger partial charge on any atom is 0.246 e. The quantitative estimate of drug-likeness (QED) is 0.607. The second-order valence-corrected chi connectivity index (χ2v) is 4.06. The van der Waals surface area contributed by atoms with Gasteiger partial charge < -0.3 is 10.2 Å². The fourth-order valence-corrected chi connectivity index (χ4v) is 1.97. The standard InChI is InChI=1S/C9H14N2O2/c1-9(6-3-4-6)8(13)10-5-7(12)11(9)2/h6H,3-5H2,1-2H3,(H,10,13). The van der Waals surface area contributed by atoms with E-state index in [1.54, 1.807) is 11.9 Å². The van der Waals surface area contributed by atoms with Crippen LogP contribution in [0.2, 0.25) is 0 Å². The molecule has 1 N–H and O–H groups in total. The first-order chi connectivity index (χ1) is 6.06. The number of nitrogens with one attached hydrogen (secondary N) is 1. The minimum Gasteiger partial charge on any atom is -0.345 e. The number of carbonyl (C=O) groups excluding carboxylic acids is 2. The SMILES string of the molecule is CN1C(=O)CNC(=O)C1(C)C1CC1. The van der Waals surface area contributed by atoms with Crippen LogP contribution < -0.4 is 5.32 Å². The van der Waals surface area contributed by atoms with E-state index in [2.05, 4.69) is 5.32 Å². The van der Waals surface area contributed by atoms with Gasteiger partial charge in [0.2, 0.25) is 11.8 Å². The van der Waals surface area contributed by atoms with E-state index >= 15 is 0 Å². The monoisotopic (exact) mass is 182 g/mol. The Bertz CT molecular complexity index is 273. The summed E-state index contributed by atoms with van der Waals surface area (Å²) in [5.74, 6) is 0.368. The van der Waals surface area contributed by atoms with Crippen molar-refractivity contribution < 1.29 is 9.59 Å². The Labute approximate surface area is 77.3 Å². The molecular formula is C9H14N2O2. The normalized spacial score (nSPS) is 34.8. The highest BCUT2D eigenvalue weighted by Gasteiger charge is 2.53. The summed E-state index contributed by atoms with van der Waals surface area (Å²) < 4.78 is 0. The van der Waals surface area contributed by atoms with Gasteiger partial charge in [-0.15, -0.1) is 0 Å². The highest BCUT2D eigenvalue weighted by atomic mass is 16.2. The fourth-order valence-electron chi connectivity index (χ4n) is 1.97. The van der Waals surface area contributed by atoms with Gasteiger partial charge in [-0.05, 0) is 25.7 Å². The largest absolute Gasteiger partial charge is 0.345 e. The summed E-state index contributed by atoms with van der Waals surface area (Å²) in [6, 6.07) is 0. The number of amides is 2. The first-order valence-corrected chi connectivity index (χ1v) is 4.61. The minimum absolute atomic E-state index is 0.00269. The molecule has 0 aromatic heterocycles. The van der Waals surface area contributed by atoms with Crippen LogP contribution >= 0.6 is 0 Å². The van der Waals surface area contributed by atoms with Crippen molar-refractivity contribution in [3.8, 4) is 0 Å². The van der Waals surface area contributed by atoms with E-state index in [0.717, 1.165) is 12.8 Å². The van der Waals surface area contributed by atoms with Crippen LogP contribution in [0.5, 0.6) is 0 Å². The van der Waals surface area contributed by atoms with Gasteiger partial charge in [-0.1, -0.05) is 0 Å². The molecule has 1 aliphatic carbocycles. The molecule has 0 aromatic rings. The molecule has 72 valence electrons. The van der Waals surface area contributed by atoms with Crippen molar-refractivity contribution in [3.05, 3.63) is 0 Å². The van der Waals surface area contributed by atoms with Gasteiger partial charge in [-0.2, -0.15) is 0 Å². The number of hydrogen-bond acceptors (Lipinski definition) is 2. The second kappa shape index (κ2) is 2.47. The minimum atomic E-state index is -0.588. The van der Waals surface area contributed by atoms with Gasteiger partial charge in [0, 0.05) is 7.05 Å². The molecule has 0 radical (unpaired) electrons. The summed E-state index contributed by atoms with van der Waals surface area (Å²) in [6.45, 7) is 2.01. The molecule has 2 rings (SSSR count). The van der Waals surface area contributed by atoms with E-state index in [9.17, 15) is 9.59 Å². The van der Waals surface area contributed by atoms with Crippen LogP contribution in [0.1, 0.15) is 19.8 Å². The third-order valence-corrected chi connectivity index (χ3v) is 3.30. The summed E-state index contributed by atoms with van der Waals surface area (Å²) >= 11 is 0. The zero-order valence-corrected chi connectivity index (χ0v) is 7.96. The molecule has 2 aliphatic rings. The molecule has 1 aliphatic heterocycles. The maximum absolute atomic E-state index is 11.6. The highest BCUT2D eigenvalue weighted by Crippen LogP contribution is 2.43. The number of hydrogen-bond donors (Lipinski definition) is 1. The van der Waals surface area contributed by atoms with Crippen molar-refractivity contribution in [3.63, 3.8) is 0 Å². The molecule has 1 heterocycles. The van der Waals surface area contributed by atoms with E-state index in [1.165, 1.54) is 0 Å². The number of nitrogens with zero attached hydrogens (tertiary/aromatic N) is 1. The Kier molecular flexibility index (Phi) is 1.62. The summed E-state index contributed by atoms with van der Waals surface area (Å²) in [6.07, 6.45) is 2.11. The number of piperazine rings is 1. The first-order valence-electron chi connectivity index (χ1n) is 4.61. The molecule has 2 amide bonds. The summed E-state index contributed by atoms with van der Waals surface area (Å²) in [7, 11) is 1.72. The van der Waals surface area contributed by atoms with Gasteiger partial charge in [-0.25, -0.2) is 0 Å². The van der Waals surface area contributed by atoms with Gasteiger partial charge in [0.05, 0.1) is 6.54 Å². The predicted octanol–water partition coefficient (Wildman–Crippen LogP) is -0.257. The Morgan fingerprint density at radius 3 is 2.62 bits per heavy atom. The van der Waals surface area contributed by atoms with E-state index < -0.39 is 5.54 Å². The highest BCUT2D eigenvalue weighted by molar-refractivity contribution is 5.98. The van der Waals surface area contributed by atoms with Crippen LogP contribution in [-0.4, -0.2) is 35.8 Å². The van der Waals surface area contributed by atoms with E-state index in [-0.39, 0.29) is 18.4 Å². The van der Waals surface area contributed by atoms with Crippen molar-refractivity contribution in [2.24, 2.45) is 5.92 Å². The topological polar surface area (TPSA) is 49.4 Å². The van der Waals surface area contributed by atoms with Gasteiger partial charge in [0.1, 0.15) is 5.54 Å². The zero-order valence-electron chi connectivity index (χ0n) is 7.96. The molecule has 13 heavy (non-hydrogen) atoms. The zero-order chi connectivity index (χ0) is 9.64. The number of rotatable bonds is 1. The molecule has 4 heteroatoms. The Morgan fingerprint density at radius 1 is 1.46 bits per heavy atom. The average Bonchev–Trinajstić information content (AvgIpc) is 2.91. The van der Waals surface area contributed by atoms with Crippen LogP contribution in [0.3, 0.4) is 0 Å². The summed E-state index contributed by atoms with van der Waals surface area (Å²) in [5.41, 5.74) is -0.588. The molecule has 0 aromatic carbocycles. The second-order valence-electron chi connectivity index (χ2n) is 4.06. The van der Waals surface area contributed by atoms with Crippen molar-refractivity contribution in [1.29, 1.82) is 0 Å². The van der Waals surface area contributed by atoms with Gasteiger partial charge >= 0.3 is 0 Å². The molecule has 1 saturated carbocycles. The van der Waals surface area contributed by atoms with Crippen LogP contribution in [0, 0.1) is 5.92 Å². The van der Waals surface area contributed by atoms with Gasteiger partial charge in [0.25, 0.3) is 0 Å². The van der Waals surface area contributed by atoms with Crippen molar-refractivity contribution in [1.82, 2.24) is 10.2 Å². The molecule has 0 bridgehead atoms. The van der Waals surface area contributed by atoms with Crippen LogP contribution in [0.25, 0.3) is 0 Å². The van der Waals surface area contributed by atoms with Gasteiger partial charge in [-0.3, -0.25) is 9.59 Å². The smallest absolute Gasteiger partial charge is 0.246 e. The van der Waals surface area contributed by atoms with Crippen LogP contribution in [-0.2, 0) is 9.59 Å². The molecular weight excluding hydrogens is 168 g/mol. The summed E-state index contributed by atoms with van der Waals surface area (Å²) in [4.78, 5) is 24.6. The van der Waals surface area contributed by atoms with E-state index in [4.69, 9.17) is 0 Å². The third kappa shape index (κ3) is 1.04. The van der Waals surface area contributed by atoms with Crippen molar-refractivity contribution in [2.45, 2.75) is 25.3 Å². The fraction of sp³-hybridized carbons (Fsp3) is 0.778. The Morgan fingerprint density at radius 2 is 2.08 bits per heavy atom. The first kappa shape index (κ1) is 8.53. The predicted molar refractivity (Wildman–Crippen MR) is 46.9 cm³/mol. The Hall–Kier alpha value is -1.06. The maximum atomic E-state index is 11.6. The van der Waals surface area contributed by atoms with Crippen LogP contribution in [0.15, 0.2) is 0 Å². The summed E-state index contributed by atoms with van der Waals surface area (Å²) in [5, 5.41) is 2.64. The molecule has 0 spiro atoms. The molecule has 4 nitrogen and oxygen atoms in total. The Balaban J connectivity index is 2.29. The lowest BCUT2D eigenvalue weighted by Gasteiger charge is -2.41. The lowest BCUT2D eigenvalue weighted by molar-refractivity contribution is -0.152. The van der Waals surface area contributed by atoms with E-state index in [1.807, 2.05) is 6.92 Å². The van der Waals surface area contributed by atoms with E-state index in [0.29, 0.717) is 5.92 Å². The lowest BCUT2D eigenvalue weighted by Crippen LogP contribution is -2.65. The van der Waals surface area contributed by atoms with Crippen molar-refractivity contribution in [2.75, 3.05) is 13.6 Å². The van der Waals surface area contributed by atoms with Crippen molar-refractivity contribution >= 4 is 11.8 Å². The lowest BCUT2D eigenvalue weighted by atomic mass is 9.91.